The van der Waals surface area contributed by atoms with E-state index < -0.39 is 48.6 Å². The number of aliphatic hydroxyl groups excluding tert-OH is 3. The van der Waals surface area contributed by atoms with E-state index in [2.05, 4.69) is 0 Å². The predicted octanol–water partition coefficient (Wildman–Crippen LogP) is -1.74. The third-order valence-electron chi connectivity index (χ3n) is 7.13. The molecular formula is C26H43NaO9. The van der Waals surface area contributed by atoms with Crippen LogP contribution in [-0.4, -0.2) is 77.1 Å². The first-order valence-electron chi connectivity index (χ1n) is 12.9. The summed E-state index contributed by atoms with van der Waals surface area (Å²) in [5.74, 6) is -1.84. The van der Waals surface area contributed by atoms with Gasteiger partial charge in [0.1, 0.15) is 6.10 Å². The zero-order valence-corrected chi connectivity index (χ0v) is 24.3. The van der Waals surface area contributed by atoms with Crippen molar-refractivity contribution in [1.29, 1.82) is 0 Å². The van der Waals surface area contributed by atoms with Crippen LogP contribution in [0.2, 0.25) is 0 Å². The summed E-state index contributed by atoms with van der Waals surface area (Å²) in [4.78, 5) is 22.5. The Kier molecular flexibility index (Phi) is 16.0. The molecule has 36 heavy (non-hydrogen) atoms. The number of unbranched alkanes of at least 4 members (excludes halogenated alkanes) is 5. The maximum absolute atomic E-state index is 12.1. The van der Waals surface area contributed by atoms with Crippen LogP contribution in [0.15, 0.2) is 11.6 Å². The van der Waals surface area contributed by atoms with E-state index in [1.54, 1.807) is 13.8 Å². The van der Waals surface area contributed by atoms with Gasteiger partial charge in [0.25, 0.3) is 0 Å². The number of carbonyl (C=O) groups excluding carboxylic acids is 2. The first-order chi connectivity index (χ1) is 16.6. The second kappa shape index (κ2) is 17.1. The molecule has 0 aromatic heterocycles. The van der Waals surface area contributed by atoms with Gasteiger partial charge in [0.15, 0.2) is 0 Å². The van der Waals surface area contributed by atoms with Crippen molar-refractivity contribution in [1.82, 2.24) is 0 Å². The van der Waals surface area contributed by atoms with E-state index >= 15 is 0 Å². The van der Waals surface area contributed by atoms with Crippen molar-refractivity contribution in [2.45, 2.75) is 115 Å². The Labute approximate surface area is 236 Å². The molecule has 0 aromatic carbocycles. The monoisotopic (exact) mass is 522 g/mol. The Bertz CT molecular complexity index is 699. The summed E-state index contributed by atoms with van der Waals surface area (Å²) in [5, 5.41) is 41.6. The van der Waals surface area contributed by atoms with Crippen LogP contribution >= 0.6 is 0 Å². The third kappa shape index (κ3) is 11.1. The van der Waals surface area contributed by atoms with Crippen molar-refractivity contribution in [2.24, 2.45) is 11.8 Å². The molecule has 202 valence electrons. The SMILES string of the molecule is CC(=CC(=O)OCCCCCCCCC(=O)[O-])CC1OCC2CC(O)C(C(C)C(C)O)OC2C1O.[Na+]. The van der Waals surface area contributed by atoms with Gasteiger partial charge >= 0.3 is 35.5 Å². The summed E-state index contributed by atoms with van der Waals surface area (Å²) < 4.78 is 17.2. The first kappa shape index (κ1) is 33.5. The van der Waals surface area contributed by atoms with E-state index in [-0.39, 0.29) is 47.8 Å². The average Bonchev–Trinajstić information content (AvgIpc) is 2.78. The van der Waals surface area contributed by atoms with Gasteiger partial charge in [-0.15, -0.1) is 0 Å². The van der Waals surface area contributed by atoms with Gasteiger partial charge in [0, 0.05) is 23.9 Å². The molecule has 8 unspecified atom stereocenters. The predicted molar refractivity (Wildman–Crippen MR) is 126 cm³/mol. The number of carboxylic acid groups (broad SMARTS) is 1. The number of aliphatic carboxylic acids is 1. The quantitative estimate of drug-likeness (QED) is 0.105. The van der Waals surface area contributed by atoms with Gasteiger partial charge in [-0.2, -0.15) is 0 Å². The number of carboxylic acids is 1. The van der Waals surface area contributed by atoms with Crippen molar-refractivity contribution >= 4 is 11.9 Å². The van der Waals surface area contributed by atoms with Gasteiger partial charge in [-0.05, 0) is 46.0 Å². The van der Waals surface area contributed by atoms with Crippen LogP contribution < -0.4 is 34.7 Å². The standard InChI is InChI=1S/C26H44O9.Na/c1-16(13-23(31)33-11-9-7-5-4-6-8-10-22(29)30)12-21-24(32)26-19(15-34-21)14-20(28)25(35-26)17(2)18(3)27;/h13,17-21,24-28,32H,4-12,14-15H2,1-3H3,(H,29,30);/q;+1/p-1. The zero-order valence-electron chi connectivity index (χ0n) is 22.3. The minimum Gasteiger partial charge on any atom is -0.550 e. The van der Waals surface area contributed by atoms with Gasteiger partial charge in [-0.1, -0.05) is 38.2 Å². The zero-order chi connectivity index (χ0) is 26.0. The molecule has 0 saturated carbocycles. The Hall–Kier alpha value is -0.520. The smallest absolute Gasteiger partial charge is 0.550 e. The fourth-order valence-electron chi connectivity index (χ4n) is 4.84. The van der Waals surface area contributed by atoms with Gasteiger partial charge in [0.05, 0.1) is 43.7 Å². The number of rotatable bonds is 14. The number of esters is 1. The summed E-state index contributed by atoms with van der Waals surface area (Å²) in [6.07, 6.45) is 3.54. The molecule has 2 fully saturated rings. The maximum atomic E-state index is 12.1. The van der Waals surface area contributed by atoms with E-state index in [1.807, 2.05) is 6.92 Å². The molecule has 8 atom stereocenters. The van der Waals surface area contributed by atoms with Crippen molar-refractivity contribution < 1.29 is 73.8 Å². The van der Waals surface area contributed by atoms with E-state index in [0.717, 1.165) is 37.7 Å². The number of hydrogen-bond donors (Lipinski definition) is 3. The average molecular weight is 523 g/mol. The van der Waals surface area contributed by atoms with Gasteiger partial charge in [-0.25, -0.2) is 4.79 Å². The Morgan fingerprint density at radius 2 is 1.75 bits per heavy atom. The molecule has 10 heteroatoms. The first-order valence-corrected chi connectivity index (χ1v) is 12.9. The molecule has 0 radical (unpaired) electrons. The minimum atomic E-state index is -1.01. The van der Waals surface area contributed by atoms with Crippen LogP contribution in [0.4, 0.5) is 0 Å². The summed E-state index contributed by atoms with van der Waals surface area (Å²) in [5.41, 5.74) is 0.732. The van der Waals surface area contributed by atoms with Crippen LogP contribution in [0.5, 0.6) is 0 Å². The summed E-state index contributed by atoms with van der Waals surface area (Å²) >= 11 is 0. The summed E-state index contributed by atoms with van der Waals surface area (Å²) in [6, 6.07) is 0. The summed E-state index contributed by atoms with van der Waals surface area (Å²) in [7, 11) is 0. The molecule has 9 nitrogen and oxygen atoms in total. The van der Waals surface area contributed by atoms with Crippen LogP contribution in [0, 0.1) is 11.8 Å². The molecule has 2 aliphatic heterocycles. The van der Waals surface area contributed by atoms with E-state index in [1.165, 1.54) is 6.08 Å². The molecule has 0 aromatic rings. The number of ether oxygens (including phenoxy) is 3. The molecule has 2 heterocycles. The fraction of sp³-hybridized carbons (Fsp3) is 0.846. The van der Waals surface area contributed by atoms with Crippen molar-refractivity contribution in [2.75, 3.05) is 13.2 Å². The number of hydrogen-bond acceptors (Lipinski definition) is 9. The second-order valence-electron chi connectivity index (χ2n) is 10.2. The van der Waals surface area contributed by atoms with Gasteiger partial charge in [-0.3, -0.25) is 0 Å². The van der Waals surface area contributed by atoms with Crippen molar-refractivity contribution in [3.8, 4) is 0 Å². The molecule has 0 bridgehead atoms. The number of fused-ring (bicyclic) bond motifs is 1. The maximum Gasteiger partial charge on any atom is 1.00 e. The minimum absolute atomic E-state index is 0. The fourth-order valence-corrected chi connectivity index (χ4v) is 4.84. The Morgan fingerprint density at radius 3 is 2.39 bits per heavy atom. The molecule has 0 amide bonds. The summed E-state index contributed by atoms with van der Waals surface area (Å²) in [6.45, 7) is 5.95. The third-order valence-corrected chi connectivity index (χ3v) is 7.13. The molecule has 0 aliphatic carbocycles. The molecule has 2 rings (SSSR count). The molecule has 3 N–H and O–H groups in total. The van der Waals surface area contributed by atoms with E-state index in [4.69, 9.17) is 14.2 Å². The second-order valence-corrected chi connectivity index (χ2v) is 10.2. The topological polar surface area (TPSA) is 146 Å². The Balaban J connectivity index is 0.00000648. The van der Waals surface area contributed by atoms with E-state index in [9.17, 15) is 30.0 Å². The molecule has 0 spiro atoms. The largest absolute Gasteiger partial charge is 1.00 e. The normalized spacial score (nSPS) is 30.0. The molecule has 2 aliphatic rings. The van der Waals surface area contributed by atoms with Crippen molar-refractivity contribution in [3.63, 3.8) is 0 Å². The van der Waals surface area contributed by atoms with Crippen LogP contribution in [0.1, 0.15) is 78.6 Å². The van der Waals surface area contributed by atoms with Crippen LogP contribution in [0.25, 0.3) is 0 Å². The van der Waals surface area contributed by atoms with E-state index in [0.29, 0.717) is 32.5 Å². The van der Waals surface area contributed by atoms with Crippen LogP contribution in [-0.2, 0) is 23.8 Å². The van der Waals surface area contributed by atoms with Gasteiger partial charge < -0.3 is 39.4 Å². The van der Waals surface area contributed by atoms with Crippen molar-refractivity contribution in [3.05, 3.63) is 11.6 Å². The molecule has 2 saturated heterocycles. The Morgan fingerprint density at radius 1 is 1.11 bits per heavy atom. The van der Waals surface area contributed by atoms with Gasteiger partial charge in [0.2, 0.25) is 0 Å². The number of carbonyl (C=O) groups is 2. The van der Waals surface area contributed by atoms with Crippen LogP contribution in [0.3, 0.4) is 0 Å². The molecular weight excluding hydrogens is 479 g/mol. The number of aliphatic hydroxyl groups is 3.